The second-order valence-electron chi connectivity index (χ2n) is 4.10. The molecule has 0 aliphatic rings. The topological polar surface area (TPSA) is 87.4 Å². The van der Waals surface area contributed by atoms with Gasteiger partial charge in [-0.1, -0.05) is 30.3 Å². The zero-order chi connectivity index (χ0) is 14.3. The molecule has 1 rings (SSSR count). The van der Waals surface area contributed by atoms with Crippen molar-refractivity contribution in [3.63, 3.8) is 0 Å². The standard InChI is InChI=1S/C13H16N4O2/c1-4-10-6-5-7-11(13(18)15-17-14)12(10)8-19-16-9(2)3/h5-7H,4,8H2,1-3H3. The summed E-state index contributed by atoms with van der Waals surface area (Å²) in [6, 6.07) is 5.29. The van der Waals surface area contributed by atoms with Gasteiger partial charge in [0.15, 0.2) is 0 Å². The normalized spacial score (nSPS) is 9.42. The first-order valence-corrected chi connectivity index (χ1v) is 5.93. The van der Waals surface area contributed by atoms with Gasteiger partial charge in [0.1, 0.15) is 6.61 Å². The number of carbonyl (C=O) groups excluding carboxylic acids is 1. The van der Waals surface area contributed by atoms with E-state index in [1.165, 1.54) is 0 Å². The number of hydrogen-bond donors (Lipinski definition) is 0. The van der Waals surface area contributed by atoms with Gasteiger partial charge in [0.2, 0.25) is 5.91 Å². The van der Waals surface area contributed by atoms with Crippen LogP contribution in [0.5, 0.6) is 0 Å². The Morgan fingerprint density at radius 2 is 2.16 bits per heavy atom. The van der Waals surface area contributed by atoms with Crippen LogP contribution in [0.3, 0.4) is 0 Å². The summed E-state index contributed by atoms with van der Waals surface area (Å²) < 4.78 is 0. The maximum Gasteiger partial charge on any atom is 0.249 e. The van der Waals surface area contributed by atoms with Crippen LogP contribution in [0.2, 0.25) is 0 Å². The van der Waals surface area contributed by atoms with Gasteiger partial charge in [0.05, 0.1) is 5.71 Å². The molecule has 0 heterocycles. The quantitative estimate of drug-likeness (QED) is 0.266. The van der Waals surface area contributed by atoms with Crippen LogP contribution in [0.15, 0.2) is 28.5 Å². The molecule has 0 N–H and O–H groups in total. The predicted molar refractivity (Wildman–Crippen MR) is 72.9 cm³/mol. The van der Waals surface area contributed by atoms with Crippen molar-refractivity contribution in [2.75, 3.05) is 0 Å². The van der Waals surface area contributed by atoms with Crippen molar-refractivity contribution in [2.24, 2.45) is 10.3 Å². The molecule has 0 atom stereocenters. The second-order valence-corrected chi connectivity index (χ2v) is 4.10. The predicted octanol–water partition coefficient (Wildman–Crippen LogP) is 3.61. The number of aryl methyl sites for hydroxylation is 1. The Bertz CT molecular complexity index is 542. The molecular weight excluding hydrogens is 244 g/mol. The molecule has 1 aromatic carbocycles. The lowest BCUT2D eigenvalue weighted by Crippen LogP contribution is -2.05. The Balaban J connectivity index is 3.12. The molecule has 0 aromatic heterocycles. The third kappa shape index (κ3) is 4.12. The van der Waals surface area contributed by atoms with E-state index in [0.29, 0.717) is 11.1 Å². The van der Waals surface area contributed by atoms with Crippen LogP contribution in [-0.4, -0.2) is 11.6 Å². The summed E-state index contributed by atoms with van der Waals surface area (Å²) in [7, 11) is 0. The second kappa shape index (κ2) is 7.18. The van der Waals surface area contributed by atoms with E-state index in [1.807, 2.05) is 26.8 Å². The van der Waals surface area contributed by atoms with Crippen molar-refractivity contribution < 1.29 is 9.63 Å². The molecule has 0 fully saturated rings. The van der Waals surface area contributed by atoms with E-state index in [-0.39, 0.29) is 6.61 Å². The highest BCUT2D eigenvalue weighted by Crippen LogP contribution is 2.18. The highest BCUT2D eigenvalue weighted by Gasteiger charge is 2.13. The van der Waals surface area contributed by atoms with Crippen molar-refractivity contribution in [3.8, 4) is 0 Å². The Hall–Kier alpha value is -2.33. The molecule has 6 nitrogen and oxygen atoms in total. The summed E-state index contributed by atoms with van der Waals surface area (Å²) in [5, 5.41) is 6.97. The van der Waals surface area contributed by atoms with Crippen LogP contribution in [0.25, 0.3) is 10.4 Å². The van der Waals surface area contributed by atoms with E-state index < -0.39 is 5.91 Å². The first-order chi connectivity index (χ1) is 9.10. The molecule has 0 radical (unpaired) electrons. The van der Waals surface area contributed by atoms with Crippen LogP contribution in [0, 0.1) is 0 Å². The monoisotopic (exact) mass is 260 g/mol. The summed E-state index contributed by atoms with van der Waals surface area (Å²) in [5.41, 5.74) is 11.2. The summed E-state index contributed by atoms with van der Waals surface area (Å²) in [4.78, 5) is 19.4. The van der Waals surface area contributed by atoms with Gasteiger partial charge >= 0.3 is 0 Å². The van der Waals surface area contributed by atoms with Crippen molar-refractivity contribution in [3.05, 3.63) is 45.3 Å². The summed E-state index contributed by atoms with van der Waals surface area (Å²) in [5.74, 6) is -0.603. The fraction of sp³-hybridized carbons (Fsp3) is 0.385. The van der Waals surface area contributed by atoms with Gasteiger partial charge in [-0.3, -0.25) is 4.79 Å². The SMILES string of the molecule is CCc1cccc(C(=O)N=[N+]=[N-])c1CON=C(C)C. The minimum Gasteiger partial charge on any atom is -0.391 e. The first-order valence-electron chi connectivity index (χ1n) is 5.93. The fourth-order valence-corrected chi connectivity index (χ4v) is 1.66. The number of hydrogen-bond acceptors (Lipinski definition) is 3. The van der Waals surface area contributed by atoms with Crippen LogP contribution in [0.4, 0.5) is 0 Å². The Kier molecular flexibility index (Phi) is 5.57. The fourth-order valence-electron chi connectivity index (χ4n) is 1.66. The first kappa shape index (κ1) is 14.7. The lowest BCUT2D eigenvalue weighted by atomic mass is 9.99. The number of azide groups is 1. The van der Waals surface area contributed by atoms with Crippen molar-refractivity contribution >= 4 is 11.6 Å². The molecule has 0 spiro atoms. The number of amides is 1. The largest absolute Gasteiger partial charge is 0.391 e. The average Bonchev–Trinajstić information content (AvgIpc) is 2.38. The number of benzene rings is 1. The Morgan fingerprint density at radius 3 is 2.74 bits per heavy atom. The molecule has 0 bridgehead atoms. The highest BCUT2D eigenvalue weighted by molar-refractivity contribution is 5.96. The molecular formula is C13H16N4O2. The Morgan fingerprint density at radius 1 is 1.42 bits per heavy atom. The molecule has 0 aliphatic carbocycles. The van der Waals surface area contributed by atoms with Crippen LogP contribution >= 0.6 is 0 Å². The highest BCUT2D eigenvalue weighted by atomic mass is 16.6. The van der Waals surface area contributed by atoms with E-state index in [9.17, 15) is 4.79 Å². The molecule has 100 valence electrons. The smallest absolute Gasteiger partial charge is 0.249 e. The van der Waals surface area contributed by atoms with Gasteiger partial charge in [-0.05, 0) is 36.5 Å². The molecule has 19 heavy (non-hydrogen) atoms. The summed E-state index contributed by atoms with van der Waals surface area (Å²) in [6.07, 6.45) is 0.755. The van der Waals surface area contributed by atoms with E-state index in [2.05, 4.69) is 15.2 Å². The third-order valence-corrected chi connectivity index (χ3v) is 2.48. The lowest BCUT2D eigenvalue weighted by Gasteiger charge is -2.10. The Labute approximate surface area is 111 Å². The number of rotatable bonds is 5. The van der Waals surface area contributed by atoms with E-state index in [1.54, 1.807) is 12.1 Å². The number of oxime groups is 1. The van der Waals surface area contributed by atoms with Crippen LogP contribution in [-0.2, 0) is 17.9 Å². The van der Waals surface area contributed by atoms with Crippen molar-refractivity contribution in [2.45, 2.75) is 33.8 Å². The van der Waals surface area contributed by atoms with Gasteiger partial charge < -0.3 is 4.84 Å². The molecule has 1 amide bonds. The van der Waals surface area contributed by atoms with Gasteiger partial charge in [0.25, 0.3) is 0 Å². The van der Waals surface area contributed by atoms with Crippen LogP contribution in [0.1, 0.15) is 42.3 Å². The van der Waals surface area contributed by atoms with Gasteiger partial charge in [0, 0.05) is 16.0 Å². The molecule has 6 heteroatoms. The van der Waals surface area contributed by atoms with E-state index in [0.717, 1.165) is 17.7 Å². The zero-order valence-electron chi connectivity index (χ0n) is 11.3. The lowest BCUT2D eigenvalue weighted by molar-refractivity contribution is 0.0988. The number of nitrogens with zero attached hydrogens (tertiary/aromatic N) is 4. The van der Waals surface area contributed by atoms with Crippen molar-refractivity contribution in [1.82, 2.24) is 0 Å². The maximum absolute atomic E-state index is 11.7. The summed E-state index contributed by atoms with van der Waals surface area (Å²) >= 11 is 0. The number of carbonyl (C=O) groups is 1. The zero-order valence-corrected chi connectivity index (χ0v) is 11.3. The van der Waals surface area contributed by atoms with E-state index in [4.69, 9.17) is 10.4 Å². The van der Waals surface area contributed by atoms with Gasteiger partial charge in [-0.2, -0.15) is 0 Å². The minimum atomic E-state index is -0.603. The summed E-state index contributed by atoms with van der Waals surface area (Å²) in [6.45, 7) is 5.79. The average molecular weight is 260 g/mol. The molecule has 0 unspecified atom stereocenters. The molecule has 0 saturated heterocycles. The molecule has 0 saturated carbocycles. The van der Waals surface area contributed by atoms with Gasteiger partial charge in [-0.15, -0.1) is 0 Å². The molecule has 1 aromatic rings. The van der Waals surface area contributed by atoms with E-state index >= 15 is 0 Å². The van der Waals surface area contributed by atoms with Crippen molar-refractivity contribution in [1.29, 1.82) is 0 Å². The maximum atomic E-state index is 11.7. The van der Waals surface area contributed by atoms with Gasteiger partial charge in [-0.25, -0.2) is 0 Å². The third-order valence-electron chi connectivity index (χ3n) is 2.48. The van der Waals surface area contributed by atoms with Crippen LogP contribution < -0.4 is 0 Å². The minimum absolute atomic E-state index is 0.178. The molecule has 0 aliphatic heterocycles.